The van der Waals surface area contributed by atoms with Crippen LogP contribution in [0.2, 0.25) is 0 Å². The summed E-state index contributed by atoms with van der Waals surface area (Å²) in [6.45, 7) is 2.45. The molecule has 20 heavy (non-hydrogen) atoms. The van der Waals surface area contributed by atoms with Gasteiger partial charge in [-0.1, -0.05) is 13.0 Å². The number of ether oxygens (including phenoxy) is 2. The van der Waals surface area contributed by atoms with Gasteiger partial charge >= 0.3 is 12.0 Å². The third-order valence-electron chi connectivity index (χ3n) is 2.22. The third kappa shape index (κ3) is 3.55. The van der Waals surface area contributed by atoms with Gasteiger partial charge in [-0.25, -0.2) is 0 Å². The molecular weight excluding hydrogens is 258 g/mol. The lowest BCUT2D eigenvalue weighted by Gasteiger charge is -2.07. The summed E-state index contributed by atoms with van der Waals surface area (Å²) in [6, 6.07) is 8.80. The first-order chi connectivity index (χ1) is 9.71. The summed E-state index contributed by atoms with van der Waals surface area (Å²) in [6.07, 6.45) is 0.825. The van der Waals surface area contributed by atoms with Crippen molar-refractivity contribution >= 4 is 5.95 Å². The molecule has 0 radical (unpaired) electrons. The molecule has 102 valence electrons. The van der Waals surface area contributed by atoms with E-state index in [1.165, 1.54) is 0 Å². The maximum atomic E-state index is 8.83. The first-order valence-corrected chi connectivity index (χ1v) is 6.03. The Morgan fingerprint density at radius 3 is 2.80 bits per heavy atom. The molecule has 0 amide bonds. The zero-order valence-corrected chi connectivity index (χ0v) is 10.9. The van der Waals surface area contributed by atoms with Crippen LogP contribution in [0, 0.1) is 11.3 Å². The average Bonchev–Trinajstić information content (AvgIpc) is 2.44. The van der Waals surface area contributed by atoms with E-state index < -0.39 is 0 Å². The van der Waals surface area contributed by atoms with Gasteiger partial charge < -0.3 is 15.2 Å². The molecule has 0 aliphatic carbocycles. The van der Waals surface area contributed by atoms with Gasteiger partial charge in [-0.3, -0.25) is 0 Å². The van der Waals surface area contributed by atoms with Gasteiger partial charge in [-0.05, 0) is 24.6 Å². The Balaban J connectivity index is 2.20. The van der Waals surface area contributed by atoms with Gasteiger partial charge in [0, 0.05) is 0 Å². The van der Waals surface area contributed by atoms with E-state index in [0.29, 0.717) is 17.9 Å². The van der Waals surface area contributed by atoms with E-state index in [1.807, 2.05) is 13.0 Å². The molecule has 2 aromatic rings. The number of nitrogens with two attached hydrogens (primary N) is 1. The van der Waals surface area contributed by atoms with Gasteiger partial charge in [-0.15, -0.1) is 4.98 Å². The highest BCUT2D eigenvalue weighted by Gasteiger charge is 2.08. The van der Waals surface area contributed by atoms with Gasteiger partial charge in [0.2, 0.25) is 5.95 Å². The molecule has 0 fully saturated rings. The quantitative estimate of drug-likeness (QED) is 0.884. The lowest BCUT2D eigenvalue weighted by molar-refractivity contribution is 0.285. The number of hydrogen-bond donors (Lipinski definition) is 1. The van der Waals surface area contributed by atoms with Crippen LogP contribution in [-0.2, 0) is 0 Å². The second-order valence-electron chi connectivity index (χ2n) is 3.85. The fourth-order valence-electron chi connectivity index (χ4n) is 1.39. The van der Waals surface area contributed by atoms with Crippen LogP contribution in [-0.4, -0.2) is 21.6 Å². The number of rotatable bonds is 5. The Bertz CT molecular complexity index is 639. The molecule has 0 aliphatic rings. The number of nitrogen functional groups attached to an aromatic ring is 1. The molecule has 2 rings (SSSR count). The molecular formula is C13H13N5O2. The van der Waals surface area contributed by atoms with Gasteiger partial charge in [-0.2, -0.15) is 15.2 Å². The van der Waals surface area contributed by atoms with Crippen LogP contribution in [0.4, 0.5) is 5.95 Å². The molecule has 0 atom stereocenters. The standard InChI is InChI=1S/C13H13N5O2/c1-2-6-19-12-16-11(15)17-13(18-12)20-10-5-3-4-9(7-10)8-14/h3-5,7H,2,6H2,1H3,(H2,15,16,17,18). The highest BCUT2D eigenvalue weighted by Crippen LogP contribution is 2.20. The van der Waals surface area contributed by atoms with E-state index in [-0.39, 0.29) is 18.0 Å². The average molecular weight is 271 g/mol. The molecule has 0 saturated heterocycles. The highest BCUT2D eigenvalue weighted by molar-refractivity contribution is 5.37. The summed E-state index contributed by atoms with van der Waals surface area (Å²) in [5.74, 6) is 0.452. The fourth-order valence-corrected chi connectivity index (χ4v) is 1.39. The molecule has 0 aliphatic heterocycles. The lowest BCUT2D eigenvalue weighted by Crippen LogP contribution is -2.05. The first-order valence-electron chi connectivity index (χ1n) is 6.03. The molecule has 7 nitrogen and oxygen atoms in total. The van der Waals surface area contributed by atoms with Crippen LogP contribution in [0.1, 0.15) is 18.9 Å². The number of hydrogen-bond acceptors (Lipinski definition) is 7. The summed E-state index contributed by atoms with van der Waals surface area (Å²) in [5.41, 5.74) is 6.04. The number of nitriles is 1. The Morgan fingerprint density at radius 1 is 1.25 bits per heavy atom. The van der Waals surface area contributed by atoms with Crippen molar-refractivity contribution in [3.8, 4) is 23.8 Å². The third-order valence-corrected chi connectivity index (χ3v) is 2.22. The predicted octanol–water partition coefficient (Wildman–Crippen LogP) is 1.91. The normalized spacial score (nSPS) is 9.80. The van der Waals surface area contributed by atoms with E-state index in [9.17, 15) is 0 Å². The maximum absolute atomic E-state index is 8.83. The minimum absolute atomic E-state index is 0.0116. The molecule has 2 N–H and O–H groups in total. The summed E-state index contributed by atoms with van der Waals surface area (Å²) >= 11 is 0. The summed E-state index contributed by atoms with van der Waals surface area (Å²) in [4.78, 5) is 11.7. The number of aromatic nitrogens is 3. The highest BCUT2D eigenvalue weighted by atomic mass is 16.5. The second-order valence-corrected chi connectivity index (χ2v) is 3.85. The molecule has 1 heterocycles. The second kappa shape index (κ2) is 6.33. The van der Waals surface area contributed by atoms with E-state index in [2.05, 4.69) is 15.0 Å². The van der Waals surface area contributed by atoms with E-state index in [1.54, 1.807) is 24.3 Å². The Labute approximate surface area is 116 Å². The zero-order valence-electron chi connectivity index (χ0n) is 10.9. The minimum atomic E-state index is 0.0116. The Kier molecular flexibility index (Phi) is 4.29. The molecule has 0 bridgehead atoms. The van der Waals surface area contributed by atoms with Crippen LogP contribution >= 0.6 is 0 Å². The minimum Gasteiger partial charge on any atom is -0.463 e. The van der Waals surface area contributed by atoms with E-state index in [4.69, 9.17) is 20.5 Å². The van der Waals surface area contributed by atoms with Crippen molar-refractivity contribution in [2.24, 2.45) is 0 Å². The molecule has 0 saturated carbocycles. The smallest absolute Gasteiger partial charge is 0.330 e. The van der Waals surface area contributed by atoms with Crippen LogP contribution in [0.25, 0.3) is 0 Å². The fraction of sp³-hybridized carbons (Fsp3) is 0.231. The van der Waals surface area contributed by atoms with Crippen molar-refractivity contribution in [1.29, 1.82) is 5.26 Å². The number of anilines is 1. The Hall–Kier alpha value is -2.88. The lowest BCUT2D eigenvalue weighted by atomic mass is 10.2. The van der Waals surface area contributed by atoms with Crippen LogP contribution in [0.5, 0.6) is 17.8 Å². The monoisotopic (exact) mass is 271 g/mol. The molecule has 0 spiro atoms. The van der Waals surface area contributed by atoms with Crippen LogP contribution in [0.15, 0.2) is 24.3 Å². The van der Waals surface area contributed by atoms with Crippen LogP contribution < -0.4 is 15.2 Å². The first kappa shape index (κ1) is 13.5. The number of benzene rings is 1. The van der Waals surface area contributed by atoms with Crippen molar-refractivity contribution in [3.63, 3.8) is 0 Å². The van der Waals surface area contributed by atoms with Crippen molar-refractivity contribution in [2.75, 3.05) is 12.3 Å². The van der Waals surface area contributed by atoms with Crippen molar-refractivity contribution < 1.29 is 9.47 Å². The molecule has 1 aromatic carbocycles. The molecule has 0 unspecified atom stereocenters. The SMILES string of the molecule is CCCOc1nc(N)nc(Oc2cccc(C#N)c2)n1. The van der Waals surface area contributed by atoms with Crippen molar-refractivity contribution in [2.45, 2.75) is 13.3 Å². The van der Waals surface area contributed by atoms with Gasteiger partial charge in [0.1, 0.15) is 5.75 Å². The van der Waals surface area contributed by atoms with Crippen molar-refractivity contribution in [1.82, 2.24) is 15.0 Å². The largest absolute Gasteiger partial charge is 0.463 e. The summed E-state index contributed by atoms with van der Waals surface area (Å²) in [5, 5.41) is 8.83. The number of nitrogens with zero attached hydrogens (tertiary/aromatic N) is 4. The van der Waals surface area contributed by atoms with E-state index >= 15 is 0 Å². The van der Waals surface area contributed by atoms with Gasteiger partial charge in [0.05, 0.1) is 18.2 Å². The Morgan fingerprint density at radius 2 is 2.05 bits per heavy atom. The van der Waals surface area contributed by atoms with Crippen molar-refractivity contribution in [3.05, 3.63) is 29.8 Å². The zero-order chi connectivity index (χ0) is 14.4. The predicted molar refractivity (Wildman–Crippen MR) is 71.3 cm³/mol. The van der Waals surface area contributed by atoms with Gasteiger partial charge in [0.25, 0.3) is 0 Å². The van der Waals surface area contributed by atoms with Crippen LogP contribution in [0.3, 0.4) is 0 Å². The maximum Gasteiger partial charge on any atom is 0.330 e. The molecule has 1 aromatic heterocycles. The molecule has 7 heteroatoms. The summed E-state index contributed by atoms with van der Waals surface area (Å²) in [7, 11) is 0. The van der Waals surface area contributed by atoms with Gasteiger partial charge in [0.15, 0.2) is 0 Å². The summed E-state index contributed by atoms with van der Waals surface area (Å²) < 4.78 is 10.7. The topological polar surface area (TPSA) is 107 Å². The van der Waals surface area contributed by atoms with E-state index in [0.717, 1.165) is 6.42 Å².